The van der Waals surface area contributed by atoms with Crippen molar-refractivity contribution in [3.8, 4) is 0 Å². The van der Waals surface area contributed by atoms with Crippen LogP contribution in [0.4, 0.5) is 0 Å². The molecule has 0 aromatic heterocycles. The Morgan fingerprint density at radius 2 is 1.52 bits per heavy atom. The Morgan fingerprint density at radius 3 is 2.16 bits per heavy atom. The fraction of sp³-hybridized carbons (Fsp3) is 0.944. The van der Waals surface area contributed by atoms with Crippen LogP contribution in [0.5, 0.6) is 0 Å². The highest BCUT2D eigenvalue weighted by molar-refractivity contribution is 5.20. The Morgan fingerprint density at radius 1 is 0.864 bits per heavy atom. The first kappa shape index (κ1) is 34.7. The first-order chi connectivity index (χ1) is 20.4. The topological polar surface area (TPSA) is 140 Å². The molecule has 4 aliphatic carbocycles. The molecule has 6 N–H and O–H groups in total. The highest BCUT2D eigenvalue weighted by Crippen LogP contribution is 2.76. The summed E-state index contributed by atoms with van der Waals surface area (Å²) in [5.41, 5.74) is 0.171. The van der Waals surface area contributed by atoms with E-state index in [-0.39, 0.29) is 39.6 Å². The molecule has 15 atom stereocenters. The summed E-state index contributed by atoms with van der Waals surface area (Å²) in [5, 5.41) is 65.0. The number of hydrogen-bond donors (Lipinski definition) is 6. The predicted molar refractivity (Wildman–Crippen MR) is 168 cm³/mol. The van der Waals surface area contributed by atoms with Crippen LogP contribution in [0.25, 0.3) is 0 Å². The van der Waals surface area contributed by atoms with E-state index in [0.29, 0.717) is 18.3 Å². The third-order valence-corrected chi connectivity index (χ3v) is 14.6. The Bertz CT molecular complexity index is 1070. The smallest absolute Gasteiger partial charge is 0.187 e. The summed E-state index contributed by atoms with van der Waals surface area (Å²) < 4.78 is 12.6. The van der Waals surface area contributed by atoms with Crippen LogP contribution in [0, 0.1) is 45.3 Å². The number of ether oxygens (including phenoxy) is 2. The van der Waals surface area contributed by atoms with E-state index in [2.05, 4.69) is 61.5 Å². The van der Waals surface area contributed by atoms with Crippen LogP contribution in [0.15, 0.2) is 11.6 Å². The van der Waals surface area contributed by atoms with Gasteiger partial charge in [0, 0.05) is 0 Å². The number of allylic oxidation sites excluding steroid dienone is 2. The predicted octanol–water partition coefficient (Wildman–Crippen LogP) is 4.32. The highest BCUT2D eigenvalue weighted by Gasteiger charge is 2.71. The zero-order chi connectivity index (χ0) is 32.6. The molecule has 8 heteroatoms. The highest BCUT2D eigenvalue weighted by atomic mass is 16.7. The quantitative estimate of drug-likeness (QED) is 0.231. The van der Waals surface area contributed by atoms with E-state index in [0.717, 1.165) is 51.4 Å². The summed E-state index contributed by atoms with van der Waals surface area (Å²) in [6, 6.07) is 0. The van der Waals surface area contributed by atoms with Gasteiger partial charge in [0.1, 0.15) is 24.4 Å². The minimum absolute atomic E-state index is 0.0131. The Labute approximate surface area is 265 Å². The third-order valence-electron chi connectivity index (χ3n) is 14.6. The Balaban J connectivity index is 1.49. The van der Waals surface area contributed by atoms with Crippen LogP contribution < -0.4 is 0 Å². The van der Waals surface area contributed by atoms with Gasteiger partial charge in [0.25, 0.3) is 0 Å². The van der Waals surface area contributed by atoms with Gasteiger partial charge in [-0.15, -0.1) is 0 Å². The molecule has 254 valence electrons. The molecule has 0 aromatic carbocycles. The monoisotopic (exact) mass is 622 g/mol. The largest absolute Gasteiger partial charge is 0.394 e. The molecule has 44 heavy (non-hydrogen) atoms. The van der Waals surface area contributed by atoms with Crippen LogP contribution >= 0.6 is 0 Å². The van der Waals surface area contributed by atoms with E-state index in [4.69, 9.17) is 9.47 Å². The van der Waals surface area contributed by atoms with Crippen molar-refractivity contribution >= 4 is 0 Å². The van der Waals surface area contributed by atoms with Gasteiger partial charge in [-0.3, -0.25) is 0 Å². The normalized spacial score (nSPS) is 51.5. The maximum absolute atomic E-state index is 12.2. The fourth-order valence-electron chi connectivity index (χ4n) is 11.8. The van der Waals surface area contributed by atoms with Crippen molar-refractivity contribution in [2.45, 2.75) is 162 Å². The van der Waals surface area contributed by atoms with Gasteiger partial charge in [-0.2, -0.15) is 0 Å². The molecule has 1 heterocycles. The summed E-state index contributed by atoms with van der Waals surface area (Å²) >= 11 is 0. The van der Waals surface area contributed by atoms with E-state index in [1.807, 2.05) is 0 Å². The second-order valence-corrected chi connectivity index (χ2v) is 17.3. The first-order valence-electron chi connectivity index (χ1n) is 17.3. The maximum atomic E-state index is 12.2. The van der Waals surface area contributed by atoms with Crippen LogP contribution in [-0.4, -0.2) is 85.8 Å². The molecule has 0 bridgehead atoms. The Kier molecular flexibility index (Phi) is 9.35. The zero-order valence-electron chi connectivity index (χ0n) is 28.5. The van der Waals surface area contributed by atoms with E-state index in [1.54, 1.807) is 0 Å². The maximum Gasteiger partial charge on any atom is 0.187 e. The van der Waals surface area contributed by atoms with Crippen LogP contribution in [-0.2, 0) is 9.47 Å². The second kappa shape index (κ2) is 11.8. The van der Waals surface area contributed by atoms with Gasteiger partial charge in [0.15, 0.2) is 6.29 Å². The molecule has 8 nitrogen and oxygen atoms in total. The van der Waals surface area contributed by atoms with Crippen LogP contribution in [0.2, 0.25) is 0 Å². The van der Waals surface area contributed by atoms with Crippen molar-refractivity contribution in [1.82, 2.24) is 0 Å². The van der Waals surface area contributed by atoms with E-state index in [1.165, 1.54) is 5.57 Å². The van der Waals surface area contributed by atoms with Gasteiger partial charge < -0.3 is 40.1 Å². The number of aliphatic hydroxyl groups excluding tert-OH is 6. The minimum atomic E-state index is -1.50. The van der Waals surface area contributed by atoms with Gasteiger partial charge in [0.05, 0.1) is 24.4 Å². The van der Waals surface area contributed by atoms with Crippen molar-refractivity contribution < 1.29 is 40.1 Å². The number of rotatable bonds is 7. The van der Waals surface area contributed by atoms with Crippen molar-refractivity contribution in [3.63, 3.8) is 0 Å². The lowest BCUT2D eigenvalue weighted by molar-refractivity contribution is -0.336. The van der Waals surface area contributed by atoms with E-state index >= 15 is 0 Å². The summed E-state index contributed by atoms with van der Waals surface area (Å²) in [6.45, 7) is 17.5. The average molecular weight is 623 g/mol. The van der Waals surface area contributed by atoms with Gasteiger partial charge in [-0.1, -0.05) is 46.3 Å². The summed E-state index contributed by atoms with van der Waals surface area (Å²) in [6.07, 6.45) is 2.60. The SMILES string of the molecule is CC(C)=CCC[C@](C)(OC1OC(CO)C(O)C(O)C1O)C1CC[C@]2(C)C1C(O)CC1C3(C)CCC(O)C(C)(C)C3CCC12C. The number of aliphatic hydroxyl groups is 6. The van der Waals surface area contributed by atoms with Crippen molar-refractivity contribution in [2.75, 3.05) is 6.61 Å². The molecule has 0 amide bonds. The standard InChI is InChI=1S/C36H62O8/c1-20(2)10-9-14-36(8,44-31-30(42)29(41)28(40)23(19-37)43-31)21-11-16-35(7)27(21)22(38)18-25-33(5)15-13-26(39)32(3,4)24(33)12-17-34(25,35)6/h10,21-31,37-42H,9,11-19H2,1-8H3/t21?,22?,23?,24?,25?,26?,27?,28?,29?,30?,31?,33?,34?,35-,36+/m1/s1. The average Bonchev–Trinajstić information content (AvgIpc) is 3.33. The van der Waals surface area contributed by atoms with Gasteiger partial charge in [-0.25, -0.2) is 0 Å². The molecule has 4 saturated carbocycles. The fourth-order valence-corrected chi connectivity index (χ4v) is 11.8. The minimum Gasteiger partial charge on any atom is -0.394 e. The molecule has 0 aromatic rings. The first-order valence-corrected chi connectivity index (χ1v) is 17.3. The molecular weight excluding hydrogens is 560 g/mol. The molecule has 13 unspecified atom stereocenters. The Hall–Kier alpha value is -0.580. The molecular formula is C36H62O8. The lowest BCUT2D eigenvalue weighted by Gasteiger charge is -2.70. The molecule has 5 fully saturated rings. The molecule has 1 aliphatic heterocycles. The zero-order valence-corrected chi connectivity index (χ0v) is 28.5. The van der Waals surface area contributed by atoms with Gasteiger partial charge >= 0.3 is 0 Å². The van der Waals surface area contributed by atoms with Crippen molar-refractivity contribution in [1.29, 1.82) is 0 Å². The van der Waals surface area contributed by atoms with Gasteiger partial charge in [0.2, 0.25) is 0 Å². The van der Waals surface area contributed by atoms with Gasteiger partial charge in [-0.05, 0) is 124 Å². The van der Waals surface area contributed by atoms with Crippen molar-refractivity contribution in [3.05, 3.63) is 11.6 Å². The molecule has 5 aliphatic rings. The molecule has 1 saturated heterocycles. The summed E-state index contributed by atoms with van der Waals surface area (Å²) in [5.74, 6) is 0.713. The third kappa shape index (κ3) is 5.17. The van der Waals surface area contributed by atoms with Crippen LogP contribution in [0.3, 0.4) is 0 Å². The lowest BCUT2D eigenvalue weighted by atomic mass is 9.35. The summed E-state index contributed by atoms with van der Waals surface area (Å²) in [7, 11) is 0. The van der Waals surface area contributed by atoms with E-state index in [9.17, 15) is 30.6 Å². The molecule has 5 rings (SSSR count). The molecule has 0 spiro atoms. The number of fused-ring (bicyclic) bond motifs is 5. The summed E-state index contributed by atoms with van der Waals surface area (Å²) in [4.78, 5) is 0. The second-order valence-electron chi connectivity index (χ2n) is 17.3. The van der Waals surface area contributed by atoms with Crippen LogP contribution in [0.1, 0.15) is 113 Å². The van der Waals surface area contributed by atoms with Crippen molar-refractivity contribution in [2.24, 2.45) is 45.3 Å². The van der Waals surface area contributed by atoms with E-state index < -0.39 is 49.0 Å². The number of hydrogen-bond acceptors (Lipinski definition) is 8. The lowest BCUT2D eigenvalue weighted by Crippen LogP contribution is -2.67. The molecule has 0 radical (unpaired) electrons.